The predicted molar refractivity (Wildman–Crippen MR) is 101 cm³/mol. The summed E-state index contributed by atoms with van der Waals surface area (Å²) in [5.74, 6) is -0.503. The number of nitrogens with zero attached hydrogens (tertiary/aromatic N) is 1. The molecule has 1 unspecified atom stereocenters. The average molecular weight is 366 g/mol. The third-order valence-corrected chi connectivity index (χ3v) is 5.96. The SMILES string of the molecule is N#Cc1c(NC(=O)CC2Nc3ccccc3NC2=O)sc2c1CCCC2. The molecule has 1 aromatic heterocycles. The number of rotatable bonds is 3. The van der Waals surface area contributed by atoms with Crippen LogP contribution in [-0.2, 0) is 22.4 Å². The second-order valence-corrected chi connectivity index (χ2v) is 7.62. The van der Waals surface area contributed by atoms with Gasteiger partial charge in [0.05, 0.1) is 23.4 Å². The summed E-state index contributed by atoms with van der Waals surface area (Å²) >= 11 is 1.49. The molecule has 1 aliphatic carbocycles. The van der Waals surface area contributed by atoms with Crippen LogP contribution in [0.3, 0.4) is 0 Å². The number of hydrogen-bond acceptors (Lipinski definition) is 5. The van der Waals surface area contributed by atoms with Gasteiger partial charge in [-0.2, -0.15) is 5.26 Å². The number of nitrogens with one attached hydrogen (secondary N) is 3. The lowest BCUT2D eigenvalue weighted by Gasteiger charge is -2.26. The molecule has 6 nitrogen and oxygen atoms in total. The van der Waals surface area contributed by atoms with Crippen LogP contribution in [0, 0.1) is 11.3 Å². The predicted octanol–water partition coefficient (Wildman–Crippen LogP) is 3.26. The first-order valence-corrected chi connectivity index (χ1v) is 9.48. The van der Waals surface area contributed by atoms with Gasteiger partial charge in [0, 0.05) is 4.88 Å². The van der Waals surface area contributed by atoms with Crippen molar-refractivity contribution in [3.8, 4) is 6.07 Å². The van der Waals surface area contributed by atoms with E-state index >= 15 is 0 Å². The van der Waals surface area contributed by atoms with Crippen molar-refractivity contribution in [2.24, 2.45) is 0 Å². The van der Waals surface area contributed by atoms with Gasteiger partial charge < -0.3 is 16.0 Å². The highest BCUT2D eigenvalue weighted by Gasteiger charge is 2.28. The maximum atomic E-state index is 12.5. The van der Waals surface area contributed by atoms with Crippen molar-refractivity contribution in [2.75, 3.05) is 16.0 Å². The molecule has 0 radical (unpaired) electrons. The largest absolute Gasteiger partial charge is 0.372 e. The number of carbonyl (C=O) groups is 2. The number of amides is 2. The molecule has 3 N–H and O–H groups in total. The molecule has 7 heteroatoms. The fourth-order valence-corrected chi connectivity index (χ4v) is 4.73. The summed E-state index contributed by atoms with van der Waals surface area (Å²) in [6.45, 7) is 0. The fourth-order valence-electron chi connectivity index (χ4n) is 3.47. The van der Waals surface area contributed by atoms with E-state index in [1.165, 1.54) is 16.2 Å². The Bertz CT molecular complexity index is 928. The molecule has 0 fully saturated rings. The quantitative estimate of drug-likeness (QED) is 0.777. The number of carbonyl (C=O) groups excluding carboxylic acids is 2. The molecule has 2 aliphatic rings. The van der Waals surface area contributed by atoms with Gasteiger partial charge in [0.15, 0.2) is 0 Å². The van der Waals surface area contributed by atoms with Gasteiger partial charge in [0.1, 0.15) is 17.1 Å². The van der Waals surface area contributed by atoms with E-state index in [0.29, 0.717) is 16.3 Å². The van der Waals surface area contributed by atoms with Crippen LogP contribution in [0.15, 0.2) is 24.3 Å². The summed E-state index contributed by atoms with van der Waals surface area (Å²) in [6, 6.07) is 8.99. The zero-order valence-electron chi connectivity index (χ0n) is 14.1. The number of aryl methyl sites for hydroxylation is 1. The van der Waals surface area contributed by atoms with Crippen molar-refractivity contribution in [1.29, 1.82) is 5.26 Å². The molecule has 4 rings (SSSR count). The lowest BCUT2D eigenvalue weighted by molar-refractivity contribution is -0.122. The first-order chi connectivity index (χ1) is 12.7. The van der Waals surface area contributed by atoms with Crippen LogP contribution in [-0.4, -0.2) is 17.9 Å². The Kier molecular flexibility index (Phi) is 4.35. The average Bonchev–Trinajstić information content (AvgIpc) is 2.99. The first-order valence-electron chi connectivity index (χ1n) is 8.66. The van der Waals surface area contributed by atoms with E-state index in [0.717, 1.165) is 36.9 Å². The number of hydrogen-bond donors (Lipinski definition) is 3. The number of nitriles is 1. The fraction of sp³-hybridized carbons (Fsp3) is 0.316. The van der Waals surface area contributed by atoms with Crippen LogP contribution in [0.4, 0.5) is 16.4 Å². The molecule has 0 bridgehead atoms. The molecule has 1 atom stereocenters. The number of benzene rings is 1. The summed E-state index contributed by atoms with van der Waals surface area (Å²) < 4.78 is 0. The second kappa shape index (κ2) is 6.81. The third kappa shape index (κ3) is 3.04. The van der Waals surface area contributed by atoms with Crippen LogP contribution >= 0.6 is 11.3 Å². The van der Waals surface area contributed by atoms with Crippen LogP contribution in [0.2, 0.25) is 0 Å². The first kappa shape index (κ1) is 16.6. The van der Waals surface area contributed by atoms with E-state index in [9.17, 15) is 14.9 Å². The number of anilines is 3. The molecule has 26 heavy (non-hydrogen) atoms. The van der Waals surface area contributed by atoms with Crippen LogP contribution < -0.4 is 16.0 Å². The van der Waals surface area contributed by atoms with Gasteiger partial charge >= 0.3 is 0 Å². The third-order valence-electron chi connectivity index (χ3n) is 4.76. The molecule has 0 saturated carbocycles. The Morgan fingerprint density at radius 3 is 2.85 bits per heavy atom. The summed E-state index contributed by atoms with van der Waals surface area (Å²) in [5.41, 5.74) is 3.19. The number of para-hydroxylation sites is 2. The molecule has 2 aromatic rings. The van der Waals surface area contributed by atoms with Crippen molar-refractivity contribution in [2.45, 2.75) is 38.1 Å². The van der Waals surface area contributed by atoms with Gasteiger partial charge in [-0.3, -0.25) is 9.59 Å². The summed E-state index contributed by atoms with van der Waals surface area (Å²) in [5, 5.41) is 18.9. The van der Waals surface area contributed by atoms with Crippen molar-refractivity contribution in [3.05, 3.63) is 40.3 Å². The molecule has 1 aliphatic heterocycles. The van der Waals surface area contributed by atoms with Gasteiger partial charge in [0.25, 0.3) is 0 Å². The lowest BCUT2D eigenvalue weighted by Crippen LogP contribution is -2.41. The molecule has 0 spiro atoms. The zero-order valence-corrected chi connectivity index (χ0v) is 14.9. The van der Waals surface area contributed by atoms with E-state index in [2.05, 4.69) is 22.0 Å². The van der Waals surface area contributed by atoms with E-state index in [-0.39, 0.29) is 18.2 Å². The van der Waals surface area contributed by atoms with Gasteiger partial charge in [-0.05, 0) is 43.4 Å². The number of thiophene rings is 1. The minimum Gasteiger partial charge on any atom is -0.372 e. The monoisotopic (exact) mass is 366 g/mol. The second-order valence-electron chi connectivity index (χ2n) is 6.51. The lowest BCUT2D eigenvalue weighted by atomic mass is 9.96. The Morgan fingerprint density at radius 1 is 1.27 bits per heavy atom. The molecule has 1 aromatic carbocycles. The maximum Gasteiger partial charge on any atom is 0.247 e. The minimum absolute atomic E-state index is 0.00754. The van der Waals surface area contributed by atoms with E-state index < -0.39 is 6.04 Å². The Balaban J connectivity index is 1.48. The van der Waals surface area contributed by atoms with Crippen molar-refractivity contribution in [3.63, 3.8) is 0 Å². The Hall–Kier alpha value is -2.85. The molecule has 132 valence electrons. The molecular formula is C19H18N4O2S. The van der Waals surface area contributed by atoms with Gasteiger partial charge in [-0.25, -0.2) is 0 Å². The van der Waals surface area contributed by atoms with E-state index in [4.69, 9.17) is 0 Å². The maximum absolute atomic E-state index is 12.5. The van der Waals surface area contributed by atoms with Crippen molar-refractivity contribution < 1.29 is 9.59 Å². The highest BCUT2D eigenvalue weighted by molar-refractivity contribution is 7.16. The number of fused-ring (bicyclic) bond motifs is 2. The molecule has 0 saturated heterocycles. The van der Waals surface area contributed by atoms with Gasteiger partial charge in [0.2, 0.25) is 11.8 Å². The summed E-state index contributed by atoms with van der Waals surface area (Å²) in [4.78, 5) is 25.9. The van der Waals surface area contributed by atoms with Crippen LogP contribution in [0.5, 0.6) is 0 Å². The topological polar surface area (TPSA) is 94.0 Å². The van der Waals surface area contributed by atoms with E-state index in [1.54, 1.807) is 0 Å². The molecular weight excluding hydrogens is 348 g/mol. The molecule has 2 amide bonds. The van der Waals surface area contributed by atoms with Gasteiger partial charge in [-0.15, -0.1) is 11.3 Å². The highest BCUT2D eigenvalue weighted by Crippen LogP contribution is 2.37. The molecule has 2 heterocycles. The van der Waals surface area contributed by atoms with Crippen molar-refractivity contribution in [1.82, 2.24) is 0 Å². The zero-order chi connectivity index (χ0) is 18.1. The highest BCUT2D eigenvalue weighted by atomic mass is 32.1. The van der Waals surface area contributed by atoms with Crippen molar-refractivity contribution >= 4 is 39.5 Å². The minimum atomic E-state index is -0.634. The van der Waals surface area contributed by atoms with E-state index in [1.807, 2.05) is 24.3 Å². The van der Waals surface area contributed by atoms with Gasteiger partial charge in [-0.1, -0.05) is 12.1 Å². The standard InChI is InChI=1S/C19H18N4O2S/c20-10-12-11-5-1-4-8-16(11)26-19(12)23-17(24)9-15-18(25)22-14-7-3-2-6-13(14)21-15/h2-3,6-7,15,21H,1,4-5,8-9H2,(H,22,25)(H,23,24). The van der Waals surface area contributed by atoms with Crippen LogP contribution in [0.1, 0.15) is 35.3 Å². The normalized spacial score (nSPS) is 18.0. The van der Waals surface area contributed by atoms with Crippen LogP contribution in [0.25, 0.3) is 0 Å². The summed E-state index contributed by atoms with van der Waals surface area (Å²) in [7, 11) is 0. The Labute approximate surface area is 155 Å². The Morgan fingerprint density at radius 2 is 2.04 bits per heavy atom. The summed E-state index contributed by atoms with van der Waals surface area (Å²) in [6.07, 6.45) is 4.07. The smallest absolute Gasteiger partial charge is 0.247 e.